The average molecular weight is 314 g/mol. The van der Waals surface area contributed by atoms with E-state index in [1.54, 1.807) is 0 Å². The summed E-state index contributed by atoms with van der Waals surface area (Å²) in [6.07, 6.45) is 0.672. The molecule has 0 aliphatic heterocycles. The third kappa shape index (κ3) is 3.56. The number of aromatic nitrogens is 3. The van der Waals surface area contributed by atoms with Crippen molar-refractivity contribution in [3.8, 4) is 11.5 Å². The number of carbonyl (C=O) groups excluding carboxylic acids is 1. The Morgan fingerprint density at radius 3 is 2.82 bits per heavy atom. The van der Waals surface area contributed by atoms with Crippen LogP contribution in [0.3, 0.4) is 0 Å². The molecule has 0 radical (unpaired) electrons. The zero-order valence-corrected chi connectivity index (χ0v) is 12.8. The van der Waals surface area contributed by atoms with Crippen LogP contribution >= 0.6 is 11.3 Å². The van der Waals surface area contributed by atoms with Crippen LogP contribution in [0.15, 0.2) is 40.1 Å². The van der Waals surface area contributed by atoms with E-state index in [-0.39, 0.29) is 12.3 Å². The van der Waals surface area contributed by atoms with Crippen LogP contribution in [0.25, 0.3) is 11.5 Å². The van der Waals surface area contributed by atoms with E-state index in [9.17, 15) is 4.79 Å². The number of thiazole rings is 1. The van der Waals surface area contributed by atoms with Gasteiger partial charge in [-0.15, -0.1) is 21.5 Å². The average Bonchev–Trinajstić information content (AvgIpc) is 3.15. The van der Waals surface area contributed by atoms with Gasteiger partial charge < -0.3 is 9.73 Å². The number of hydrogen-bond acceptors (Lipinski definition) is 6. The van der Waals surface area contributed by atoms with Crippen LogP contribution in [0.4, 0.5) is 5.13 Å². The van der Waals surface area contributed by atoms with Crippen molar-refractivity contribution in [3.05, 3.63) is 47.3 Å². The van der Waals surface area contributed by atoms with E-state index in [1.165, 1.54) is 11.3 Å². The fraction of sp³-hybridized carbons (Fsp3) is 0.200. The summed E-state index contributed by atoms with van der Waals surface area (Å²) in [6.45, 7) is 1.88. The molecule has 0 saturated heterocycles. The molecule has 1 N–H and O–H groups in total. The quantitative estimate of drug-likeness (QED) is 0.782. The topological polar surface area (TPSA) is 80.9 Å². The number of aryl methyl sites for hydroxylation is 2. The molecule has 0 bridgehead atoms. The molecular weight excluding hydrogens is 300 g/mol. The number of benzene rings is 1. The van der Waals surface area contributed by atoms with E-state index in [0.717, 1.165) is 11.3 Å². The fourth-order valence-corrected chi connectivity index (χ4v) is 2.57. The summed E-state index contributed by atoms with van der Waals surface area (Å²) in [5.74, 6) is 0.796. The lowest BCUT2D eigenvalue weighted by Crippen LogP contribution is -2.12. The lowest BCUT2D eigenvalue weighted by atomic mass is 10.2. The van der Waals surface area contributed by atoms with E-state index in [1.807, 2.05) is 42.6 Å². The Bertz CT molecular complexity index is 767. The van der Waals surface area contributed by atoms with Crippen LogP contribution in [-0.2, 0) is 11.2 Å². The summed E-state index contributed by atoms with van der Waals surface area (Å²) in [7, 11) is 0. The highest BCUT2D eigenvalue weighted by Crippen LogP contribution is 2.18. The van der Waals surface area contributed by atoms with Crippen LogP contribution in [0.5, 0.6) is 0 Å². The molecule has 22 heavy (non-hydrogen) atoms. The summed E-state index contributed by atoms with van der Waals surface area (Å²) in [4.78, 5) is 16.0. The van der Waals surface area contributed by atoms with Crippen molar-refractivity contribution in [1.29, 1.82) is 0 Å². The van der Waals surface area contributed by atoms with Gasteiger partial charge in [0, 0.05) is 23.8 Å². The van der Waals surface area contributed by atoms with Crippen LogP contribution in [0.1, 0.15) is 18.0 Å². The number of amides is 1. The summed E-state index contributed by atoms with van der Waals surface area (Å²) >= 11 is 1.41. The van der Waals surface area contributed by atoms with Gasteiger partial charge in [0.25, 0.3) is 0 Å². The number of nitrogens with zero attached hydrogens (tertiary/aromatic N) is 3. The van der Waals surface area contributed by atoms with E-state index in [4.69, 9.17) is 4.42 Å². The van der Waals surface area contributed by atoms with Crippen molar-refractivity contribution in [1.82, 2.24) is 15.2 Å². The van der Waals surface area contributed by atoms with Gasteiger partial charge in [-0.25, -0.2) is 4.98 Å². The highest BCUT2D eigenvalue weighted by atomic mass is 32.1. The van der Waals surface area contributed by atoms with E-state index < -0.39 is 0 Å². The number of carbonyl (C=O) groups is 1. The highest BCUT2D eigenvalue weighted by Gasteiger charge is 2.11. The molecular formula is C15H14N4O2S. The molecule has 0 aliphatic rings. The zero-order chi connectivity index (χ0) is 15.4. The largest absolute Gasteiger partial charge is 0.421 e. The molecule has 0 unspecified atom stereocenters. The molecule has 0 fully saturated rings. The van der Waals surface area contributed by atoms with Crippen molar-refractivity contribution in [3.63, 3.8) is 0 Å². The van der Waals surface area contributed by atoms with E-state index in [0.29, 0.717) is 23.3 Å². The zero-order valence-electron chi connectivity index (χ0n) is 11.9. The molecule has 1 aromatic carbocycles. The third-order valence-electron chi connectivity index (χ3n) is 2.92. The van der Waals surface area contributed by atoms with Gasteiger partial charge in [0.2, 0.25) is 17.7 Å². The second-order valence-electron chi connectivity index (χ2n) is 4.71. The first-order valence-electron chi connectivity index (χ1n) is 6.80. The fourth-order valence-electron chi connectivity index (χ4n) is 1.87. The molecule has 6 nitrogen and oxygen atoms in total. The minimum Gasteiger partial charge on any atom is -0.421 e. The molecule has 3 aromatic rings. The SMILES string of the molecule is Cc1csc(NC(=O)CCc2nnc(-c3ccccc3)o2)n1. The number of anilines is 1. The normalized spacial score (nSPS) is 10.6. The Morgan fingerprint density at radius 2 is 2.09 bits per heavy atom. The molecule has 0 saturated carbocycles. The van der Waals surface area contributed by atoms with Crippen LogP contribution < -0.4 is 5.32 Å². The Hall–Kier alpha value is -2.54. The minimum absolute atomic E-state index is 0.117. The summed E-state index contributed by atoms with van der Waals surface area (Å²) in [6, 6.07) is 9.53. The van der Waals surface area contributed by atoms with Gasteiger partial charge in [-0.1, -0.05) is 18.2 Å². The Kier molecular flexibility index (Phi) is 4.24. The van der Waals surface area contributed by atoms with E-state index >= 15 is 0 Å². The molecule has 0 spiro atoms. The Balaban J connectivity index is 1.56. The maximum absolute atomic E-state index is 11.8. The van der Waals surface area contributed by atoms with Crippen molar-refractivity contribution < 1.29 is 9.21 Å². The first kappa shape index (κ1) is 14.4. The van der Waals surface area contributed by atoms with Crippen molar-refractivity contribution in [2.24, 2.45) is 0 Å². The lowest BCUT2D eigenvalue weighted by Gasteiger charge is -1.99. The molecule has 112 valence electrons. The van der Waals surface area contributed by atoms with Crippen LogP contribution in [0, 0.1) is 6.92 Å². The number of hydrogen-bond donors (Lipinski definition) is 1. The minimum atomic E-state index is -0.117. The molecule has 3 rings (SSSR count). The Morgan fingerprint density at radius 1 is 1.27 bits per heavy atom. The van der Waals surface area contributed by atoms with Gasteiger partial charge in [0.1, 0.15) is 0 Å². The third-order valence-corrected chi connectivity index (χ3v) is 3.79. The van der Waals surface area contributed by atoms with Crippen LogP contribution in [0.2, 0.25) is 0 Å². The number of rotatable bonds is 5. The van der Waals surface area contributed by atoms with Gasteiger partial charge in [0.05, 0.1) is 5.69 Å². The van der Waals surface area contributed by atoms with Gasteiger partial charge >= 0.3 is 0 Å². The Labute approximate surface area is 131 Å². The second-order valence-corrected chi connectivity index (χ2v) is 5.57. The standard InChI is InChI=1S/C15H14N4O2S/c1-10-9-22-15(16-10)17-12(20)7-8-13-18-19-14(21-13)11-5-3-2-4-6-11/h2-6,9H,7-8H2,1H3,(H,16,17,20). The van der Waals surface area contributed by atoms with Gasteiger partial charge in [-0.2, -0.15) is 0 Å². The molecule has 0 aliphatic carbocycles. The monoisotopic (exact) mass is 314 g/mol. The first-order valence-corrected chi connectivity index (χ1v) is 7.68. The molecule has 2 aromatic heterocycles. The van der Waals surface area contributed by atoms with Gasteiger partial charge in [-0.05, 0) is 19.1 Å². The summed E-state index contributed by atoms with van der Waals surface area (Å²) in [5, 5.41) is 13.2. The van der Waals surface area contributed by atoms with Gasteiger partial charge in [-0.3, -0.25) is 4.79 Å². The van der Waals surface area contributed by atoms with Gasteiger partial charge in [0.15, 0.2) is 5.13 Å². The molecule has 7 heteroatoms. The van der Waals surface area contributed by atoms with Crippen LogP contribution in [-0.4, -0.2) is 21.1 Å². The second kappa shape index (κ2) is 6.48. The summed E-state index contributed by atoms with van der Waals surface area (Å²) in [5.41, 5.74) is 1.76. The maximum Gasteiger partial charge on any atom is 0.247 e. The predicted octanol–water partition coefficient (Wildman–Crippen LogP) is 3.07. The first-order chi connectivity index (χ1) is 10.7. The summed E-state index contributed by atoms with van der Waals surface area (Å²) < 4.78 is 5.56. The van der Waals surface area contributed by atoms with Crippen molar-refractivity contribution in [2.75, 3.05) is 5.32 Å². The maximum atomic E-state index is 11.8. The van der Waals surface area contributed by atoms with Crippen molar-refractivity contribution >= 4 is 22.4 Å². The number of nitrogens with one attached hydrogen (secondary N) is 1. The smallest absolute Gasteiger partial charge is 0.247 e. The molecule has 0 atom stereocenters. The highest BCUT2D eigenvalue weighted by molar-refractivity contribution is 7.13. The van der Waals surface area contributed by atoms with Crippen molar-refractivity contribution in [2.45, 2.75) is 19.8 Å². The van der Waals surface area contributed by atoms with E-state index in [2.05, 4.69) is 20.5 Å². The lowest BCUT2D eigenvalue weighted by molar-refractivity contribution is -0.116. The predicted molar refractivity (Wildman–Crippen MR) is 83.5 cm³/mol. The molecule has 2 heterocycles. The molecule has 1 amide bonds.